The van der Waals surface area contributed by atoms with Crippen LogP contribution >= 0.6 is 11.6 Å². The van der Waals surface area contributed by atoms with Gasteiger partial charge in [-0.2, -0.15) is 0 Å². The molecule has 1 fully saturated rings. The van der Waals surface area contributed by atoms with E-state index in [0.29, 0.717) is 17.2 Å². The van der Waals surface area contributed by atoms with E-state index in [1.54, 1.807) is 0 Å². The van der Waals surface area contributed by atoms with Crippen molar-refractivity contribution in [1.82, 2.24) is 0 Å². The zero-order valence-corrected chi connectivity index (χ0v) is 12.4. The molecular weight excluding hydrogens is 284 g/mol. The van der Waals surface area contributed by atoms with Crippen LogP contribution in [0.2, 0.25) is 5.02 Å². The summed E-state index contributed by atoms with van der Waals surface area (Å²) in [7, 11) is 0. The molecule has 0 saturated carbocycles. The highest BCUT2D eigenvalue weighted by Crippen LogP contribution is 2.42. The summed E-state index contributed by atoms with van der Waals surface area (Å²) in [6.07, 6.45) is 2.27. The number of rotatable bonds is 2. The summed E-state index contributed by atoms with van der Waals surface area (Å²) in [6, 6.07) is 17.4. The maximum Gasteiger partial charge on any atom is 0.312 e. The van der Waals surface area contributed by atoms with Crippen molar-refractivity contribution in [3.05, 3.63) is 76.5 Å². The maximum atomic E-state index is 11.8. The van der Waals surface area contributed by atoms with Gasteiger partial charge in [0.2, 0.25) is 0 Å². The molecule has 106 valence electrons. The van der Waals surface area contributed by atoms with Crippen molar-refractivity contribution in [2.75, 3.05) is 0 Å². The van der Waals surface area contributed by atoms with E-state index in [-0.39, 0.29) is 5.97 Å². The van der Waals surface area contributed by atoms with Gasteiger partial charge in [-0.25, -0.2) is 0 Å². The Morgan fingerprint density at radius 2 is 1.76 bits per heavy atom. The van der Waals surface area contributed by atoms with Crippen molar-refractivity contribution < 1.29 is 9.53 Å². The fourth-order valence-corrected chi connectivity index (χ4v) is 2.72. The van der Waals surface area contributed by atoms with Gasteiger partial charge in [-0.3, -0.25) is 4.79 Å². The van der Waals surface area contributed by atoms with Crippen LogP contribution in [-0.4, -0.2) is 5.97 Å². The molecule has 1 aliphatic heterocycles. The normalized spacial score (nSPS) is 23.3. The average Bonchev–Trinajstić information content (AvgIpc) is 2.76. The van der Waals surface area contributed by atoms with Gasteiger partial charge in [0.25, 0.3) is 0 Å². The first-order valence-electron chi connectivity index (χ1n) is 6.82. The predicted octanol–water partition coefficient (Wildman–Crippen LogP) is 4.59. The molecule has 0 bridgehead atoms. The Kier molecular flexibility index (Phi) is 3.56. The minimum Gasteiger partial charge on any atom is -0.430 e. The van der Waals surface area contributed by atoms with Crippen molar-refractivity contribution in [2.24, 2.45) is 0 Å². The van der Waals surface area contributed by atoms with E-state index in [1.165, 1.54) is 0 Å². The molecule has 0 aromatic heterocycles. The second kappa shape index (κ2) is 5.38. The molecule has 0 N–H and O–H groups in total. The van der Waals surface area contributed by atoms with Crippen molar-refractivity contribution in [1.29, 1.82) is 0 Å². The van der Waals surface area contributed by atoms with Gasteiger partial charge >= 0.3 is 5.97 Å². The van der Waals surface area contributed by atoms with Crippen LogP contribution in [0.15, 0.2) is 60.4 Å². The number of carbonyl (C=O) groups is 1. The molecule has 3 rings (SSSR count). The van der Waals surface area contributed by atoms with Crippen LogP contribution < -0.4 is 0 Å². The number of allylic oxidation sites excluding steroid dienone is 1. The molecule has 1 saturated heterocycles. The highest BCUT2D eigenvalue weighted by atomic mass is 35.5. The van der Waals surface area contributed by atoms with E-state index in [0.717, 1.165) is 11.1 Å². The zero-order valence-electron chi connectivity index (χ0n) is 11.7. The minimum absolute atomic E-state index is 0.199. The molecule has 0 radical (unpaired) electrons. The summed E-state index contributed by atoms with van der Waals surface area (Å²) >= 11 is 5.95. The molecule has 1 atom stereocenters. The van der Waals surface area contributed by atoms with Gasteiger partial charge in [-0.05, 0) is 36.3 Å². The fourth-order valence-electron chi connectivity index (χ4n) is 2.60. The molecule has 0 amide bonds. The number of benzene rings is 2. The molecule has 0 spiro atoms. The maximum absolute atomic E-state index is 11.8. The SMILES string of the molecule is CC1(c2ccc(Cl)cc2)CC(=O)O/C1=C/c1ccccc1. The summed E-state index contributed by atoms with van der Waals surface area (Å²) in [4.78, 5) is 11.8. The zero-order chi connectivity index (χ0) is 14.9. The Hall–Kier alpha value is -2.06. The Bertz CT molecular complexity index is 689. The molecule has 2 aromatic carbocycles. The van der Waals surface area contributed by atoms with Gasteiger partial charge in [0.05, 0.1) is 11.8 Å². The minimum atomic E-state index is -0.447. The lowest BCUT2D eigenvalue weighted by Gasteiger charge is -2.23. The van der Waals surface area contributed by atoms with Gasteiger partial charge in [-0.15, -0.1) is 0 Å². The number of carbonyl (C=O) groups excluding carboxylic acids is 1. The van der Waals surface area contributed by atoms with E-state index in [2.05, 4.69) is 0 Å². The summed E-state index contributed by atoms with van der Waals surface area (Å²) in [5, 5.41) is 0.682. The molecule has 1 aliphatic rings. The van der Waals surface area contributed by atoms with E-state index in [9.17, 15) is 4.79 Å². The third kappa shape index (κ3) is 2.72. The Balaban J connectivity index is 2.04. The second-order valence-electron chi connectivity index (χ2n) is 5.41. The van der Waals surface area contributed by atoms with Gasteiger partial charge in [-0.1, -0.05) is 54.1 Å². The van der Waals surface area contributed by atoms with E-state index in [4.69, 9.17) is 16.3 Å². The first-order chi connectivity index (χ1) is 10.1. The van der Waals surface area contributed by atoms with Crippen molar-refractivity contribution in [2.45, 2.75) is 18.8 Å². The molecule has 3 heteroatoms. The van der Waals surface area contributed by atoms with Crippen LogP contribution in [0.4, 0.5) is 0 Å². The van der Waals surface area contributed by atoms with Crippen LogP contribution in [0.3, 0.4) is 0 Å². The van der Waals surface area contributed by atoms with Crippen LogP contribution in [-0.2, 0) is 14.9 Å². The van der Waals surface area contributed by atoms with E-state index in [1.807, 2.05) is 67.6 Å². The predicted molar refractivity (Wildman–Crippen MR) is 83.9 cm³/mol. The topological polar surface area (TPSA) is 26.3 Å². The lowest BCUT2D eigenvalue weighted by Crippen LogP contribution is -2.20. The van der Waals surface area contributed by atoms with Gasteiger partial charge < -0.3 is 4.74 Å². The number of ether oxygens (including phenoxy) is 1. The van der Waals surface area contributed by atoms with Crippen LogP contribution in [0.25, 0.3) is 6.08 Å². The third-order valence-corrected chi connectivity index (χ3v) is 4.10. The number of esters is 1. The van der Waals surface area contributed by atoms with Crippen LogP contribution in [0.5, 0.6) is 0 Å². The molecule has 1 heterocycles. The summed E-state index contributed by atoms with van der Waals surface area (Å²) in [6.45, 7) is 2.02. The number of halogens is 1. The molecule has 2 nitrogen and oxygen atoms in total. The quantitative estimate of drug-likeness (QED) is 0.758. The molecule has 0 aliphatic carbocycles. The number of cyclic esters (lactones) is 1. The van der Waals surface area contributed by atoms with Gasteiger partial charge in [0.1, 0.15) is 5.76 Å². The van der Waals surface area contributed by atoms with Crippen LogP contribution in [0, 0.1) is 0 Å². The monoisotopic (exact) mass is 298 g/mol. The highest BCUT2D eigenvalue weighted by Gasteiger charge is 2.42. The van der Waals surface area contributed by atoms with E-state index < -0.39 is 5.41 Å². The standard InChI is InChI=1S/C18H15ClO2/c1-18(14-7-9-15(19)10-8-14)12-17(20)21-16(18)11-13-5-3-2-4-6-13/h2-11H,12H2,1H3/b16-11+. The Morgan fingerprint density at radius 3 is 2.43 bits per heavy atom. The molecular formula is C18H15ClO2. The first-order valence-corrected chi connectivity index (χ1v) is 7.20. The lowest BCUT2D eigenvalue weighted by molar-refractivity contribution is -0.135. The Labute approximate surface area is 129 Å². The molecule has 2 aromatic rings. The fraction of sp³-hybridized carbons (Fsp3) is 0.167. The second-order valence-corrected chi connectivity index (χ2v) is 5.85. The average molecular weight is 299 g/mol. The largest absolute Gasteiger partial charge is 0.430 e. The van der Waals surface area contributed by atoms with Crippen molar-refractivity contribution in [3.8, 4) is 0 Å². The van der Waals surface area contributed by atoms with E-state index >= 15 is 0 Å². The number of hydrogen-bond donors (Lipinski definition) is 0. The third-order valence-electron chi connectivity index (χ3n) is 3.84. The van der Waals surface area contributed by atoms with Gasteiger partial charge in [0, 0.05) is 5.02 Å². The smallest absolute Gasteiger partial charge is 0.312 e. The van der Waals surface area contributed by atoms with Crippen molar-refractivity contribution in [3.63, 3.8) is 0 Å². The van der Waals surface area contributed by atoms with Gasteiger partial charge in [0.15, 0.2) is 0 Å². The number of hydrogen-bond acceptors (Lipinski definition) is 2. The van der Waals surface area contributed by atoms with Crippen molar-refractivity contribution >= 4 is 23.6 Å². The highest BCUT2D eigenvalue weighted by molar-refractivity contribution is 6.30. The Morgan fingerprint density at radius 1 is 1.10 bits per heavy atom. The first kappa shape index (κ1) is 13.9. The molecule has 21 heavy (non-hydrogen) atoms. The van der Waals surface area contributed by atoms with Crippen LogP contribution in [0.1, 0.15) is 24.5 Å². The summed E-state index contributed by atoms with van der Waals surface area (Å²) in [5.41, 5.74) is 1.60. The lowest BCUT2D eigenvalue weighted by atomic mass is 9.79. The summed E-state index contributed by atoms with van der Waals surface area (Å²) < 4.78 is 5.45. The molecule has 1 unspecified atom stereocenters. The summed E-state index contributed by atoms with van der Waals surface area (Å²) in [5.74, 6) is 0.482.